The number of carbonyl (C=O) groups is 1. The van der Waals surface area contributed by atoms with Crippen LogP contribution in [0.5, 0.6) is 0 Å². The summed E-state index contributed by atoms with van der Waals surface area (Å²) < 4.78 is 0. The fraction of sp³-hybridized carbons (Fsp3) is 0.0870. The van der Waals surface area contributed by atoms with Gasteiger partial charge in [0.1, 0.15) is 6.29 Å². The van der Waals surface area contributed by atoms with Gasteiger partial charge in [-0.25, -0.2) is 0 Å². The van der Waals surface area contributed by atoms with Crippen molar-refractivity contribution < 1.29 is 9.72 Å². The summed E-state index contributed by atoms with van der Waals surface area (Å²) in [6, 6.07) is 21.0. The molecule has 0 saturated carbocycles. The first-order valence-electron chi connectivity index (χ1n) is 8.75. The van der Waals surface area contributed by atoms with Crippen LogP contribution in [0, 0.1) is 10.1 Å². The molecular weight excluding hydrogens is 338 g/mol. The van der Waals surface area contributed by atoms with Crippen molar-refractivity contribution in [2.45, 2.75) is 12.3 Å². The molecule has 0 spiro atoms. The van der Waals surface area contributed by atoms with E-state index in [2.05, 4.69) is 30.3 Å². The molecular formula is C23H17NO3. The minimum atomic E-state index is -0.415. The largest absolute Gasteiger partial charge is 0.298 e. The lowest BCUT2D eigenvalue weighted by molar-refractivity contribution is -0.384. The zero-order chi connectivity index (χ0) is 18.8. The van der Waals surface area contributed by atoms with E-state index in [9.17, 15) is 14.9 Å². The maximum Gasteiger partial charge on any atom is 0.269 e. The highest BCUT2D eigenvalue weighted by Gasteiger charge is 2.22. The van der Waals surface area contributed by atoms with Gasteiger partial charge in [-0.3, -0.25) is 14.9 Å². The Balaban J connectivity index is 1.69. The van der Waals surface area contributed by atoms with E-state index in [0.717, 1.165) is 23.0 Å². The number of allylic oxidation sites excluding steroid dienone is 4. The number of hydrogen-bond donors (Lipinski definition) is 0. The molecule has 0 bridgehead atoms. The van der Waals surface area contributed by atoms with Crippen molar-refractivity contribution in [1.29, 1.82) is 0 Å². The second-order valence-electron chi connectivity index (χ2n) is 6.64. The lowest BCUT2D eigenvalue weighted by atomic mass is 9.80. The minimum Gasteiger partial charge on any atom is -0.298 e. The molecule has 0 aromatic heterocycles. The normalized spacial score (nSPS) is 16.5. The molecule has 0 fully saturated rings. The minimum absolute atomic E-state index is 0.0523. The summed E-state index contributed by atoms with van der Waals surface area (Å²) in [4.78, 5) is 22.0. The number of carbonyl (C=O) groups excluding carboxylic acids is 1. The van der Waals surface area contributed by atoms with Gasteiger partial charge < -0.3 is 0 Å². The van der Waals surface area contributed by atoms with Crippen LogP contribution in [-0.2, 0) is 4.79 Å². The lowest BCUT2D eigenvalue weighted by Crippen LogP contribution is -2.08. The van der Waals surface area contributed by atoms with Crippen molar-refractivity contribution in [1.82, 2.24) is 0 Å². The quantitative estimate of drug-likeness (QED) is 0.355. The molecule has 1 atom stereocenters. The number of nitrogens with zero attached hydrogens (tertiary/aromatic N) is 1. The SMILES string of the molecule is O=CC1=CC=C(c2ccc3ccccc3c2)CC1c1ccc([N+](=O)[O-])cc1. The van der Waals surface area contributed by atoms with Crippen LogP contribution in [0.25, 0.3) is 16.3 Å². The highest BCUT2D eigenvalue weighted by atomic mass is 16.6. The Morgan fingerprint density at radius 3 is 2.37 bits per heavy atom. The number of fused-ring (bicyclic) bond motifs is 1. The van der Waals surface area contributed by atoms with Gasteiger partial charge in [0, 0.05) is 18.1 Å². The van der Waals surface area contributed by atoms with Crippen molar-refractivity contribution in [2.24, 2.45) is 0 Å². The molecule has 0 N–H and O–H groups in total. The zero-order valence-electron chi connectivity index (χ0n) is 14.5. The van der Waals surface area contributed by atoms with Gasteiger partial charge in [-0.05, 0) is 45.5 Å². The van der Waals surface area contributed by atoms with E-state index >= 15 is 0 Å². The average molecular weight is 355 g/mol. The van der Waals surface area contributed by atoms with Gasteiger partial charge in [-0.1, -0.05) is 60.7 Å². The van der Waals surface area contributed by atoms with E-state index in [1.807, 2.05) is 24.3 Å². The molecule has 0 saturated heterocycles. The Morgan fingerprint density at radius 1 is 0.926 bits per heavy atom. The first-order chi connectivity index (χ1) is 13.2. The maximum atomic E-state index is 11.5. The smallest absolute Gasteiger partial charge is 0.269 e. The third-order valence-electron chi connectivity index (χ3n) is 5.07. The number of nitro benzene ring substituents is 1. The van der Waals surface area contributed by atoms with Crippen molar-refractivity contribution in [3.05, 3.63) is 106 Å². The molecule has 27 heavy (non-hydrogen) atoms. The summed E-state index contributed by atoms with van der Waals surface area (Å²) in [5.74, 6) is -0.102. The molecule has 0 aliphatic heterocycles. The van der Waals surface area contributed by atoms with E-state index in [0.29, 0.717) is 12.0 Å². The molecule has 132 valence electrons. The third-order valence-corrected chi connectivity index (χ3v) is 5.07. The second kappa shape index (κ2) is 7.00. The Kier molecular flexibility index (Phi) is 4.38. The Morgan fingerprint density at radius 2 is 1.67 bits per heavy atom. The number of aldehydes is 1. The van der Waals surface area contributed by atoms with E-state index < -0.39 is 4.92 Å². The van der Waals surface area contributed by atoms with Crippen LogP contribution in [0.15, 0.2) is 84.5 Å². The van der Waals surface area contributed by atoms with Crippen LogP contribution in [0.3, 0.4) is 0 Å². The highest BCUT2D eigenvalue weighted by molar-refractivity contribution is 5.88. The number of benzene rings is 3. The Hall–Kier alpha value is -3.53. The van der Waals surface area contributed by atoms with Crippen LogP contribution in [0.1, 0.15) is 23.5 Å². The van der Waals surface area contributed by atoms with Crippen molar-refractivity contribution in [3.8, 4) is 0 Å². The van der Waals surface area contributed by atoms with E-state index in [1.54, 1.807) is 12.1 Å². The van der Waals surface area contributed by atoms with Gasteiger partial charge in [0.25, 0.3) is 5.69 Å². The standard InChI is InChI=1S/C23H17NO3/c25-15-21-8-7-20(19-6-5-16-3-1-2-4-18(16)13-19)14-23(21)17-9-11-22(12-10-17)24(26)27/h1-13,15,23H,14H2. The molecule has 3 aromatic rings. The van der Waals surface area contributed by atoms with Crippen LogP contribution in [0.4, 0.5) is 5.69 Å². The average Bonchev–Trinajstić information content (AvgIpc) is 2.73. The Labute approximate surface area is 156 Å². The summed E-state index contributed by atoms with van der Waals surface area (Å²) >= 11 is 0. The summed E-state index contributed by atoms with van der Waals surface area (Å²) in [5, 5.41) is 13.2. The molecule has 0 radical (unpaired) electrons. The van der Waals surface area contributed by atoms with Crippen molar-refractivity contribution in [2.75, 3.05) is 0 Å². The number of non-ortho nitro benzene ring substituents is 1. The number of rotatable bonds is 4. The number of hydrogen-bond acceptors (Lipinski definition) is 3. The van der Waals surface area contributed by atoms with Gasteiger partial charge in [0.05, 0.1) is 4.92 Å². The molecule has 4 rings (SSSR count). The third kappa shape index (κ3) is 3.29. The fourth-order valence-electron chi connectivity index (χ4n) is 3.58. The van der Waals surface area contributed by atoms with Crippen molar-refractivity contribution in [3.63, 3.8) is 0 Å². The predicted molar refractivity (Wildman–Crippen MR) is 107 cm³/mol. The topological polar surface area (TPSA) is 60.2 Å². The predicted octanol–water partition coefficient (Wildman–Crippen LogP) is 5.44. The molecule has 1 unspecified atom stereocenters. The van der Waals surface area contributed by atoms with Gasteiger partial charge in [0.2, 0.25) is 0 Å². The molecule has 1 aliphatic rings. The zero-order valence-corrected chi connectivity index (χ0v) is 14.5. The van der Waals surface area contributed by atoms with Gasteiger partial charge in [-0.2, -0.15) is 0 Å². The monoisotopic (exact) mass is 355 g/mol. The lowest BCUT2D eigenvalue weighted by Gasteiger charge is -2.23. The van der Waals surface area contributed by atoms with Crippen LogP contribution in [0.2, 0.25) is 0 Å². The summed E-state index contributed by atoms with van der Waals surface area (Å²) in [6.45, 7) is 0. The molecule has 3 aromatic carbocycles. The molecule has 0 heterocycles. The first-order valence-corrected chi connectivity index (χ1v) is 8.75. The van der Waals surface area contributed by atoms with Gasteiger partial charge in [0.15, 0.2) is 0 Å². The summed E-state index contributed by atoms with van der Waals surface area (Å²) in [7, 11) is 0. The van der Waals surface area contributed by atoms with Crippen LogP contribution < -0.4 is 0 Å². The fourth-order valence-corrected chi connectivity index (χ4v) is 3.58. The van der Waals surface area contributed by atoms with Crippen LogP contribution >= 0.6 is 0 Å². The van der Waals surface area contributed by atoms with E-state index in [-0.39, 0.29) is 11.6 Å². The molecule has 4 nitrogen and oxygen atoms in total. The van der Waals surface area contributed by atoms with Crippen molar-refractivity contribution >= 4 is 28.3 Å². The first kappa shape index (κ1) is 16.9. The van der Waals surface area contributed by atoms with Gasteiger partial charge in [-0.15, -0.1) is 0 Å². The molecule has 4 heteroatoms. The van der Waals surface area contributed by atoms with E-state index in [1.165, 1.54) is 22.9 Å². The summed E-state index contributed by atoms with van der Waals surface area (Å²) in [5.41, 5.74) is 3.92. The number of nitro groups is 1. The second-order valence-corrected chi connectivity index (χ2v) is 6.64. The van der Waals surface area contributed by atoms with Crippen LogP contribution in [-0.4, -0.2) is 11.2 Å². The van der Waals surface area contributed by atoms with E-state index in [4.69, 9.17) is 0 Å². The molecule has 1 aliphatic carbocycles. The Bertz CT molecular complexity index is 1090. The maximum absolute atomic E-state index is 11.5. The molecule has 0 amide bonds. The van der Waals surface area contributed by atoms with Gasteiger partial charge >= 0.3 is 0 Å². The summed E-state index contributed by atoms with van der Waals surface area (Å²) in [6.07, 6.45) is 5.41. The highest BCUT2D eigenvalue weighted by Crippen LogP contribution is 2.38.